The van der Waals surface area contributed by atoms with Crippen molar-refractivity contribution in [3.05, 3.63) is 0 Å². The van der Waals surface area contributed by atoms with Crippen LogP contribution < -0.4 is 29.4 Å². The number of rotatable bonds is 15. The van der Waals surface area contributed by atoms with Gasteiger partial charge in [-0.2, -0.15) is 15.6 Å². The van der Waals surface area contributed by atoms with Gasteiger partial charge in [0, 0.05) is 0 Å². The molecule has 0 amide bonds. The molecule has 82 heavy (non-hydrogen) atoms. The molecule has 6 aliphatic heterocycles. The standard InChI is InChI=1S/3C12H22O11.3Ca.2H3O4P/c3*13-1-4-6(16)8(18)9(19)11(21-4)23-12(3-15)10(20)7(17)5(2-14)22-12;;;;2*1-5(2,3)4/h3*4-11,13-20H,1-3H2;;;;2*(H3,1,2,3,4)/q;;;3*+2;;/p-6/t3*4-,5-,6-,7-,8+,9-,10+,11-,12+;;;;;/m111...../s1. The van der Waals surface area contributed by atoms with Gasteiger partial charge in [-0.1, -0.05) is 0 Å². The number of ether oxygens (including phenoxy) is 9. The van der Waals surface area contributed by atoms with E-state index in [1.807, 2.05) is 0 Å². The molecule has 46 heteroatoms. The average molecular weight is 1340 g/mol. The predicted molar refractivity (Wildman–Crippen MR) is 238 cm³/mol. The minimum absolute atomic E-state index is 0. The Balaban J connectivity index is 0. The summed E-state index contributed by atoms with van der Waals surface area (Å²) in [5, 5.41) is 230. The third-order valence-corrected chi connectivity index (χ3v) is 12.2. The number of hydrogen-bond donors (Lipinski definition) is 24. The van der Waals surface area contributed by atoms with Gasteiger partial charge in [-0.15, -0.1) is 0 Å². The Kier molecular flexibility index (Phi) is 40.2. The first kappa shape index (κ1) is 86.7. The quantitative estimate of drug-likeness (QED) is 0.0535. The molecule has 27 atom stereocenters. The van der Waals surface area contributed by atoms with Gasteiger partial charge in [0.15, 0.2) is 18.9 Å². The van der Waals surface area contributed by atoms with Gasteiger partial charge >= 0.3 is 113 Å². The molecule has 41 nitrogen and oxygen atoms in total. The van der Waals surface area contributed by atoms with E-state index in [0.29, 0.717) is 0 Å². The van der Waals surface area contributed by atoms with Crippen LogP contribution in [0.1, 0.15) is 0 Å². The topological polar surface area (TPSA) is 741 Å². The molecular formula is C36H66Ca3O41P2. The average Bonchev–Trinajstić information content (AvgIpc) is 3.90. The molecule has 472 valence electrons. The smallest absolute Gasteiger partial charge is 0.822 e. The third-order valence-electron chi connectivity index (χ3n) is 12.2. The second-order valence-electron chi connectivity index (χ2n) is 17.6. The van der Waals surface area contributed by atoms with E-state index < -0.39 is 240 Å². The maximum Gasteiger partial charge on any atom is 2.00 e. The van der Waals surface area contributed by atoms with E-state index in [4.69, 9.17) is 112 Å². The number of aliphatic hydroxyl groups is 24. The monoisotopic (exact) mass is 1340 g/mol. The van der Waals surface area contributed by atoms with Crippen molar-refractivity contribution in [3.8, 4) is 0 Å². The second-order valence-corrected chi connectivity index (χ2v) is 19.4. The molecule has 6 aliphatic rings. The van der Waals surface area contributed by atoms with Crippen molar-refractivity contribution < 1.29 is 204 Å². The molecule has 0 aliphatic carbocycles. The van der Waals surface area contributed by atoms with Crippen molar-refractivity contribution in [2.45, 2.75) is 164 Å². The molecule has 0 unspecified atom stereocenters. The molecule has 6 fully saturated rings. The predicted octanol–water partition coefficient (Wildman–Crippen LogP) is -23.0. The molecular weight excluding hydrogens is 1270 g/mol. The van der Waals surface area contributed by atoms with Crippen molar-refractivity contribution in [1.82, 2.24) is 0 Å². The van der Waals surface area contributed by atoms with Gasteiger partial charge in [0.25, 0.3) is 0 Å². The van der Waals surface area contributed by atoms with E-state index in [9.17, 15) is 91.9 Å². The zero-order chi connectivity index (χ0) is 61.1. The van der Waals surface area contributed by atoms with Crippen molar-refractivity contribution >= 4 is 129 Å². The van der Waals surface area contributed by atoms with Gasteiger partial charge in [-0.25, -0.2) is 0 Å². The molecule has 0 aromatic heterocycles. The summed E-state index contributed by atoms with van der Waals surface area (Å²) in [4.78, 5) is 51.3. The van der Waals surface area contributed by atoms with Crippen LogP contribution >= 0.6 is 15.6 Å². The third kappa shape index (κ3) is 22.8. The van der Waals surface area contributed by atoms with E-state index in [0.717, 1.165) is 0 Å². The molecule has 24 N–H and O–H groups in total. The van der Waals surface area contributed by atoms with E-state index >= 15 is 0 Å². The van der Waals surface area contributed by atoms with Gasteiger partial charge in [0.2, 0.25) is 17.4 Å². The van der Waals surface area contributed by atoms with Gasteiger partial charge in [-0.05, 0) is 0 Å². The first-order valence-corrected chi connectivity index (χ1v) is 25.5. The van der Waals surface area contributed by atoms with Crippen LogP contribution in [0.3, 0.4) is 0 Å². The van der Waals surface area contributed by atoms with Crippen LogP contribution in [-0.2, 0) is 51.8 Å². The first-order valence-electron chi connectivity index (χ1n) is 22.6. The summed E-state index contributed by atoms with van der Waals surface area (Å²) < 4.78 is 63.4. The Bertz CT molecular complexity index is 1660. The van der Waals surface area contributed by atoms with Crippen LogP contribution in [0.25, 0.3) is 0 Å². The number of aliphatic hydroxyl groups excluding tert-OH is 24. The van der Waals surface area contributed by atoms with Gasteiger partial charge < -0.3 is 204 Å². The van der Waals surface area contributed by atoms with Crippen LogP contribution in [0.2, 0.25) is 0 Å². The van der Waals surface area contributed by atoms with Gasteiger partial charge in [0.05, 0.1) is 39.6 Å². The zero-order valence-corrected chi connectivity index (χ0v) is 50.8. The van der Waals surface area contributed by atoms with E-state index in [2.05, 4.69) is 0 Å². The summed E-state index contributed by atoms with van der Waals surface area (Å²) in [6.07, 6.45) is -38.0. The fraction of sp³-hybridized carbons (Fsp3) is 1.00. The molecule has 0 bridgehead atoms. The summed E-state index contributed by atoms with van der Waals surface area (Å²) in [6.45, 7) is -6.97. The summed E-state index contributed by atoms with van der Waals surface area (Å²) in [7, 11) is -10.8. The zero-order valence-electron chi connectivity index (χ0n) is 42.4. The molecule has 0 aromatic rings. The molecule has 0 saturated carbocycles. The fourth-order valence-electron chi connectivity index (χ4n) is 7.89. The summed E-state index contributed by atoms with van der Waals surface area (Å²) in [5.41, 5.74) is 0. The molecule has 0 aromatic carbocycles. The molecule has 0 spiro atoms. The molecule has 6 rings (SSSR count). The minimum Gasteiger partial charge on any atom is -0.822 e. The maximum absolute atomic E-state index is 10.00. The van der Waals surface area contributed by atoms with E-state index in [-0.39, 0.29) is 113 Å². The summed E-state index contributed by atoms with van der Waals surface area (Å²) >= 11 is 0. The Hall–Kier alpha value is 2.68. The Morgan fingerprint density at radius 3 is 0.610 bits per heavy atom. The summed E-state index contributed by atoms with van der Waals surface area (Å²) in [5.74, 6) is -6.67. The van der Waals surface area contributed by atoms with Crippen molar-refractivity contribution in [3.63, 3.8) is 0 Å². The Morgan fingerprint density at radius 2 is 0.476 bits per heavy atom. The van der Waals surface area contributed by atoms with E-state index in [1.165, 1.54) is 0 Å². The van der Waals surface area contributed by atoms with Gasteiger partial charge in [0.1, 0.15) is 148 Å². The maximum atomic E-state index is 10.00. The van der Waals surface area contributed by atoms with Crippen molar-refractivity contribution in [1.29, 1.82) is 0 Å². The van der Waals surface area contributed by atoms with E-state index in [1.54, 1.807) is 0 Å². The van der Waals surface area contributed by atoms with Crippen LogP contribution in [0.15, 0.2) is 0 Å². The van der Waals surface area contributed by atoms with Gasteiger partial charge in [-0.3, -0.25) is 0 Å². The van der Waals surface area contributed by atoms with Crippen LogP contribution in [0, 0.1) is 0 Å². The molecule has 6 heterocycles. The van der Waals surface area contributed by atoms with Crippen LogP contribution in [0.5, 0.6) is 0 Å². The summed E-state index contributed by atoms with van der Waals surface area (Å²) in [6, 6.07) is 0. The largest absolute Gasteiger partial charge is 2.00 e. The minimum atomic E-state index is -5.39. The number of hydrogen-bond acceptors (Lipinski definition) is 41. The normalized spacial score (nSPS) is 44.5. The van der Waals surface area contributed by atoms with Crippen molar-refractivity contribution in [2.24, 2.45) is 0 Å². The van der Waals surface area contributed by atoms with Crippen molar-refractivity contribution in [2.75, 3.05) is 59.5 Å². The van der Waals surface area contributed by atoms with Crippen LogP contribution in [0.4, 0.5) is 0 Å². The Morgan fingerprint density at radius 1 is 0.305 bits per heavy atom. The fourth-order valence-corrected chi connectivity index (χ4v) is 7.89. The van der Waals surface area contributed by atoms with Crippen LogP contribution in [-0.4, -0.2) is 460 Å². The number of phosphoric acid groups is 2. The Labute approximate surface area is 551 Å². The molecule has 6 saturated heterocycles. The second kappa shape index (κ2) is 38.0. The SMILES string of the molecule is O=P([O-])([O-])[O-].O=P([O-])([O-])[O-].OC[C@H]1O[C@@](CO)(O[C@H]2O[C@H](CO)[C@@H](O)[C@H](O)[C@H]2O)[C@@H](O)[C@@H]1O.OC[C@H]1O[C@@](CO)(O[C@H]2O[C@H](CO)[C@@H](O)[C@H](O)[C@H]2O)[C@@H](O)[C@@H]1O.OC[C@H]1O[C@@](CO)(O[C@H]2O[C@H](CO)[C@@H](O)[C@H](O)[C@H]2O)[C@@H](O)[C@@H]1O.[Ca+2].[Ca+2].[Ca+2]. The molecule has 0 radical (unpaired) electrons. The first-order chi connectivity index (χ1) is 36.4.